The van der Waals surface area contributed by atoms with E-state index in [2.05, 4.69) is 23.5 Å². The number of nitrogens with one attached hydrogen (secondary N) is 1. The van der Waals surface area contributed by atoms with Gasteiger partial charge in [0.1, 0.15) is 5.75 Å². The van der Waals surface area contributed by atoms with Crippen molar-refractivity contribution in [3.05, 3.63) is 29.3 Å². The third kappa shape index (κ3) is 2.84. The molecule has 2 aliphatic rings. The first-order chi connectivity index (χ1) is 9.78. The molecule has 3 nitrogen and oxygen atoms in total. The van der Waals surface area contributed by atoms with E-state index in [9.17, 15) is 5.11 Å². The largest absolute Gasteiger partial charge is 0.497 e. The molecule has 0 bridgehead atoms. The third-order valence-electron chi connectivity index (χ3n) is 4.81. The topological polar surface area (TPSA) is 41.5 Å². The van der Waals surface area contributed by atoms with Crippen LogP contribution >= 0.6 is 0 Å². The molecule has 0 aliphatic heterocycles. The van der Waals surface area contributed by atoms with Crippen LogP contribution in [-0.4, -0.2) is 24.4 Å². The number of rotatable bonds is 3. The second-order valence-corrected chi connectivity index (χ2v) is 6.13. The molecule has 3 rings (SSSR count). The van der Waals surface area contributed by atoms with Gasteiger partial charge < -0.3 is 15.2 Å². The average Bonchev–Trinajstić information content (AvgIpc) is 2.49. The number of fused-ring (bicyclic) bond motifs is 1. The first kappa shape index (κ1) is 13.9. The number of ether oxygens (including phenoxy) is 1. The van der Waals surface area contributed by atoms with Gasteiger partial charge in [-0.1, -0.05) is 18.9 Å². The molecule has 1 saturated carbocycles. The molecule has 0 aromatic heterocycles. The molecular formula is C17H25NO2. The van der Waals surface area contributed by atoms with Crippen molar-refractivity contribution in [2.45, 2.75) is 63.1 Å². The number of hydrogen-bond donors (Lipinski definition) is 2. The molecule has 3 unspecified atom stereocenters. The van der Waals surface area contributed by atoms with Gasteiger partial charge in [-0.25, -0.2) is 0 Å². The van der Waals surface area contributed by atoms with Crippen LogP contribution in [0.4, 0.5) is 0 Å². The predicted molar refractivity (Wildman–Crippen MR) is 80.1 cm³/mol. The van der Waals surface area contributed by atoms with Gasteiger partial charge in [-0.05, 0) is 55.4 Å². The van der Waals surface area contributed by atoms with E-state index in [4.69, 9.17) is 4.74 Å². The van der Waals surface area contributed by atoms with Gasteiger partial charge in [0.25, 0.3) is 0 Å². The highest BCUT2D eigenvalue weighted by atomic mass is 16.5. The van der Waals surface area contributed by atoms with Crippen LogP contribution in [-0.2, 0) is 6.42 Å². The Kier molecular flexibility index (Phi) is 4.27. The fraction of sp³-hybridized carbons (Fsp3) is 0.647. The maximum atomic E-state index is 10.1. The molecule has 0 heterocycles. The Balaban J connectivity index is 1.75. The molecule has 2 aliphatic carbocycles. The minimum atomic E-state index is -0.174. The molecule has 1 aromatic rings. The first-order valence-electron chi connectivity index (χ1n) is 7.89. The van der Waals surface area contributed by atoms with Crippen molar-refractivity contribution in [2.75, 3.05) is 7.11 Å². The number of benzene rings is 1. The summed E-state index contributed by atoms with van der Waals surface area (Å²) in [7, 11) is 1.72. The summed E-state index contributed by atoms with van der Waals surface area (Å²) >= 11 is 0. The Morgan fingerprint density at radius 2 is 2.00 bits per heavy atom. The number of aliphatic hydroxyl groups excluding tert-OH is 1. The SMILES string of the molecule is COc1ccc2c(c1)CCCC2NC1CCCCC1O. The molecule has 3 heteroatoms. The molecule has 2 N–H and O–H groups in total. The lowest BCUT2D eigenvalue weighted by molar-refractivity contribution is 0.0834. The highest BCUT2D eigenvalue weighted by molar-refractivity contribution is 5.39. The van der Waals surface area contributed by atoms with Crippen LogP contribution < -0.4 is 10.1 Å². The van der Waals surface area contributed by atoms with Gasteiger partial charge in [-0.3, -0.25) is 0 Å². The molecule has 0 saturated heterocycles. The zero-order valence-corrected chi connectivity index (χ0v) is 12.3. The summed E-state index contributed by atoms with van der Waals surface area (Å²) in [6.07, 6.45) is 7.78. The van der Waals surface area contributed by atoms with Crippen molar-refractivity contribution in [2.24, 2.45) is 0 Å². The summed E-state index contributed by atoms with van der Waals surface area (Å²) in [6.45, 7) is 0. The van der Waals surface area contributed by atoms with E-state index in [1.807, 2.05) is 0 Å². The van der Waals surface area contributed by atoms with Gasteiger partial charge >= 0.3 is 0 Å². The number of aliphatic hydroxyl groups is 1. The minimum Gasteiger partial charge on any atom is -0.497 e. The molecule has 20 heavy (non-hydrogen) atoms. The van der Waals surface area contributed by atoms with Crippen LogP contribution in [0.5, 0.6) is 5.75 Å². The van der Waals surface area contributed by atoms with E-state index in [1.54, 1.807) is 7.11 Å². The number of aryl methyl sites for hydroxylation is 1. The normalized spacial score (nSPS) is 29.8. The quantitative estimate of drug-likeness (QED) is 0.891. The minimum absolute atomic E-state index is 0.174. The van der Waals surface area contributed by atoms with Crippen LogP contribution in [0.1, 0.15) is 55.7 Å². The summed E-state index contributed by atoms with van der Waals surface area (Å²) in [6, 6.07) is 7.07. The summed E-state index contributed by atoms with van der Waals surface area (Å²) < 4.78 is 5.32. The molecule has 0 radical (unpaired) electrons. The van der Waals surface area contributed by atoms with Crippen molar-refractivity contribution in [1.29, 1.82) is 0 Å². The maximum absolute atomic E-state index is 10.1. The summed E-state index contributed by atoms with van der Waals surface area (Å²) in [5.41, 5.74) is 2.80. The van der Waals surface area contributed by atoms with Gasteiger partial charge in [0.05, 0.1) is 13.2 Å². The summed E-state index contributed by atoms with van der Waals surface area (Å²) in [5, 5.41) is 13.9. The average molecular weight is 275 g/mol. The molecular weight excluding hydrogens is 250 g/mol. The highest BCUT2D eigenvalue weighted by Crippen LogP contribution is 2.33. The van der Waals surface area contributed by atoms with E-state index in [-0.39, 0.29) is 12.1 Å². The second-order valence-electron chi connectivity index (χ2n) is 6.13. The second kappa shape index (κ2) is 6.15. The smallest absolute Gasteiger partial charge is 0.119 e. The third-order valence-corrected chi connectivity index (χ3v) is 4.81. The lowest BCUT2D eigenvalue weighted by atomic mass is 9.85. The molecule has 0 amide bonds. The monoisotopic (exact) mass is 275 g/mol. The van der Waals surface area contributed by atoms with Gasteiger partial charge in [-0.2, -0.15) is 0 Å². The van der Waals surface area contributed by atoms with Crippen molar-refractivity contribution >= 4 is 0 Å². The lowest BCUT2D eigenvalue weighted by Crippen LogP contribution is -2.44. The fourth-order valence-electron chi connectivity index (χ4n) is 3.65. The van der Waals surface area contributed by atoms with Gasteiger partial charge in [0.15, 0.2) is 0 Å². The van der Waals surface area contributed by atoms with Crippen molar-refractivity contribution < 1.29 is 9.84 Å². The Morgan fingerprint density at radius 1 is 1.15 bits per heavy atom. The van der Waals surface area contributed by atoms with E-state index >= 15 is 0 Å². The van der Waals surface area contributed by atoms with Crippen molar-refractivity contribution in [3.8, 4) is 5.75 Å². The van der Waals surface area contributed by atoms with Crippen LogP contribution in [0.25, 0.3) is 0 Å². The molecule has 1 fully saturated rings. The highest BCUT2D eigenvalue weighted by Gasteiger charge is 2.28. The Bertz CT molecular complexity index is 460. The van der Waals surface area contributed by atoms with E-state index in [0.29, 0.717) is 6.04 Å². The Labute approximate surface area is 121 Å². The first-order valence-corrected chi connectivity index (χ1v) is 7.89. The predicted octanol–water partition coefficient (Wildman–Crippen LogP) is 2.97. The van der Waals surface area contributed by atoms with E-state index < -0.39 is 0 Å². The Morgan fingerprint density at radius 3 is 2.80 bits per heavy atom. The fourth-order valence-corrected chi connectivity index (χ4v) is 3.65. The zero-order chi connectivity index (χ0) is 13.9. The summed E-state index contributed by atoms with van der Waals surface area (Å²) in [4.78, 5) is 0. The van der Waals surface area contributed by atoms with E-state index in [0.717, 1.165) is 31.4 Å². The van der Waals surface area contributed by atoms with E-state index in [1.165, 1.54) is 30.4 Å². The van der Waals surface area contributed by atoms with Gasteiger partial charge in [-0.15, -0.1) is 0 Å². The lowest BCUT2D eigenvalue weighted by Gasteiger charge is -2.35. The maximum Gasteiger partial charge on any atom is 0.119 e. The molecule has 3 atom stereocenters. The zero-order valence-electron chi connectivity index (χ0n) is 12.3. The number of methoxy groups -OCH3 is 1. The Hall–Kier alpha value is -1.06. The van der Waals surface area contributed by atoms with Crippen LogP contribution in [0.15, 0.2) is 18.2 Å². The summed E-state index contributed by atoms with van der Waals surface area (Å²) in [5.74, 6) is 0.946. The van der Waals surface area contributed by atoms with Crippen LogP contribution in [0.2, 0.25) is 0 Å². The van der Waals surface area contributed by atoms with Crippen molar-refractivity contribution in [1.82, 2.24) is 5.32 Å². The number of hydrogen-bond acceptors (Lipinski definition) is 3. The van der Waals surface area contributed by atoms with Gasteiger partial charge in [0.2, 0.25) is 0 Å². The van der Waals surface area contributed by atoms with Crippen LogP contribution in [0, 0.1) is 0 Å². The molecule has 0 spiro atoms. The van der Waals surface area contributed by atoms with Crippen LogP contribution in [0.3, 0.4) is 0 Å². The van der Waals surface area contributed by atoms with Crippen molar-refractivity contribution in [3.63, 3.8) is 0 Å². The molecule has 1 aromatic carbocycles. The molecule has 110 valence electrons. The van der Waals surface area contributed by atoms with Gasteiger partial charge in [0, 0.05) is 12.1 Å². The standard InChI is InChI=1S/C17H25NO2/c1-20-13-9-10-14-12(11-13)5-4-7-15(14)18-16-6-2-3-8-17(16)19/h9-11,15-19H,2-8H2,1H3.